The maximum absolute atomic E-state index is 11.6. The van der Waals surface area contributed by atoms with Crippen LogP contribution in [0.2, 0.25) is 5.15 Å². The highest BCUT2D eigenvalue weighted by atomic mass is 127. The van der Waals surface area contributed by atoms with E-state index in [4.69, 9.17) is 11.6 Å². The van der Waals surface area contributed by atoms with Crippen molar-refractivity contribution < 1.29 is 15.0 Å². The molecule has 0 spiro atoms. The maximum Gasteiger partial charge on any atom is 0.407 e. The van der Waals surface area contributed by atoms with Gasteiger partial charge in [0.1, 0.15) is 5.15 Å². The minimum absolute atomic E-state index is 0.0236. The quantitative estimate of drug-likeness (QED) is 0.505. The first-order valence-corrected chi connectivity index (χ1v) is 8.86. The van der Waals surface area contributed by atoms with Crippen molar-refractivity contribution >= 4 is 40.3 Å². The van der Waals surface area contributed by atoms with Gasteiger partial charge in [-0.15, -0.1) is 0 Å². The molecule has 2 aromatic rings. The Balaban J connectivity index is 2.06. The summed E-state index contributed by atoms with van der Waals surface area (Å²) in [6.45, 7) is 1.81. The van der Waals surface area contributed by atoms with Crippen LogP contribution in [0.25, 0.3) is 0 Å². The van der Waals surface area contributed by atoms with Crippen LogP contribution < -0.4 is 0 Å². The van der Waals surface area contributed by atoms with Gasteiger partial charge in [-0.05, 0) is 59.7 Å². The van der Waals surface area contributed by atoms with Crippen LogP contribution >= 0.6 is 34.2 Å². The Bertz CT molecular complexity index is 679. The molecule has 0 aliphatic rings. The van der Waals surface area contributed by atoms with Gasteiger partial charge in [-0.1, -0.05) is 29.8 Å². The van der Waals surface area contributed by atoms with Crippen LogP contribution in [0.3, 0.4) is 0 Å². The third kappa shape index (κ3) is 5.32. The van der Waals surface area contributed by atoms with Gasteiger partial charge < -0.3 is 15.1 Å². The van der Waals surface area contributed by atoms with Crippen LogP contribution in [-0.4, -0.2) is 38.8 Å². The van der Waals surface area contributed by atoms with Crippen LogP contribution in [-0.2, 0) is 6.42 Å². The molecule has 1 heterocycles. The Morgan fingerprint density at radius 2 is 1.96 bits per heavy atom. The largest absolute Gasteiger partial charge is 0.465 e. The van der Waals surface area contributed by atoms with Gasteiger partial charge in [0.15, 0.2) is 0 Å². The zero-order chi connectivity index (χ0) is 17.7. The van der Waals surface area contributed by atoms with Gasteiger partial charge in [-0.25, -0.2) is 9.78 Å². The fraction of sp³-hybridized carbons (Fsp3) is 0.294. The Morgan fingerprint density at radius 3 is 2.50 bits per heavy atom. The average Bonchev–Trinajstić information content (AvgIpc) is 2.54. The lowest BCUT2D eigenvalue weighted by atomic mass is 10.0. The molecule has 1 aromatic carbocycles. The molecule has 2 N–H and O–H groups in total. The van der Waals surface area contributed by atoms with E-state index < -0.39 is 12.2 Å². The highest BCUT2D eigenvalue weighted by Crippen LogP contribution is 2.18. The van der Waals surface area contributed by atoms with Gasteiger partial charge in [-0.3, -0.25) is 0 Å². The number of amides is 1. The fourth-order valence-corrected chi connectivity index (χ4v) is 2.87. The van der Waals surface area contributed by atoms with E-state index in [-0.39, 0.29) is 12.6 Å². The topological polar surface area (TPSA) is 73.7 Å². The van der Waals surface area contributed by atoms with Gasteiger partial charge in [0.2, 0.25) is 0 Å². The molecule has 128 valence electrons. The van der Waals surface area contributed by atoms with Crippen molar-refractivity contribution in [3.63, 3.8) is 0 Å². The Hall–Kier alpha value is -1.38. The van der Waals surface area contributed by atoms with Crippen molar-refractivity contribution in [2.75, 3.05) is 6.54 Å². The molecule has 24 heavy (non-hydrogen) atoms. The predicted molar refractivity (Wildman–Crippen MR) is 101 cm³/mol. The number of aromatic nitrogens is 1. The van der Waals surface area contributed by atoms with E-state index in [9.17, 15) is 15.0 Å². The van der Waals surface area contributed by atoms with Crippen LogP contribution in [0, 0.1) is 3.57 Å². The average molecular weight is 461 g/mol. The highest BCUT2D eigenvalue weighted by molar-refractivity contribution is 14.1. The second-order valence-electron chi connectivity index (χ2n) is 5.54. The van der Waals surface area contributed by atoms with E-state index >= 15 is 0 Å². The molecule has 0 fully saturated rings. The standard InChI is InChI=1S/C17H18ClIN2O3/c1-11(8-12-2-5-14(19)6-3-12)21(17(23)24)10-15(22)13-4-7-16(18)20-9-13/h2-7,9,11,15,22H,8,10H2,1H3,(H,23,24)/t11-,15+/m1/s1. The number of aliphatic hydroxyl groups is 1. The monoisotopic (exact) mass is 460 g/mol. The summed E-state index contributed by atoms with van der Waals surface area (Å²) in [6, 6.07) is 10.9. The second kappa shape index (κ2) is 8.64. The van der Waals surface area contributed by atoms with Crippen molar-refractivity contribution in [1.82, 2.24) is 9.88 Å². The molecule has 1 amide bonds. The number of carboxylic acid groups (broad SMARTS) is 1. The number of carbonyl (C=O) groups is 1. The van der Waals surface area contributed by atoms with E-state index in [1.807, 2.05) is 31.2 Å². The first-order chi connectivity index (χ1) is 11.4. The fourth-order valence-electron chi connectivity index (χ4n) is 2.39. The number of benzene rings is 1. The zero-order valence-corrected chi connectivity index (χ0v) is 16.0. The zero-order valence-electron chi connectivity index (χ0n) is 13.1. The molecular weight excluding hydrogens is 443 g/mol. The van der Waals surface area contributed by atoms with E-state index in [0.29, 0.717) is 17.1 Å². The van der Waals surface area contributed by atoms with Crippen LogP contribution in [0.4, 0.5) is 4.79 Å². The molecule has 0 aliphatic carbocycles. The molecule has 0 bridgehead atoms. The summed E-state index contributed by atoms with van der Waals surface area (Å²) in [4.78, 5) is 16.7. The second-order valence-corrected chi connectivity index (χ2v) is 7.18. The van der Waals surface area contributed by atoms with Crippen molar-refractivity contribution in [2.45, 2.75) is 25.5 Å². The number of hydrogen-bond acceptors (Lipinski definition) is 3. The lowest BCUT2D eigenvalue weighted by Gasteiger charge is -2.28. The molecule has 0 saturated heterocycles. The normalized spacial score (nSPS) is 13.3. The van der Waals surface area contributed by atoms with E-state index in [1.165, 1.54) is 11.1 Å². The maximum atomic E-state index is 11.6. The smallest absolute Gasteiger partial charge is 0.407 e. The molecule has 2 atom stereocenters. The lowest BCUT2D eigenvalue weighted by molar-refractivity contribution is 0.0797. The molecule has 0 aliphatic heterocycles. The summed E-state index contributed by atoms with van der Waals surface area (Å²) in [5.41, 5.74) is 1.59. The molecule has 2 rings (SSSR count). The third-order valence-corrected chi connectivity index (χ3v) is 4.67. The molecule has 0 saturated carbocycles. The summed E-state index contributed by atoms with van der Waals surface area (Å²) in [5, 5.41) is 20.1. The van der Waals surface area contributed by atoms with Crippen molar-refractivity contribution in [1.29, 1.82) is 0 Å². The number of hydrogen-bond donors (Lipinski definition) is 2. The van der Waals surface area contributed by atoms with Crippen LogP contribution in [0.15, 0.2) is 42.6 Å². The molecule has 5 nitrogen and oxygen atoms in total. The summed E-state index contributed by atoms with van der Waals surface area (Å²) in [7, 11) is 0. The van der Waals surface area contributed by atoms with Crippen molar-refractivity contribution in [3.05, 3.63) is 62.4 Å². The minimum atomic E-state index is -1.06. The van der Waals surface area contributed by atoms with Crippen molar-refractivity contribution in [2.24, 2.45) is 0 Å². The Kier molecular flexibility index (Phi) is 6.82. The molecule has 0 radical (unpaired) electrons. The minimum Gasteiger partial charge on any atom is -0.465 e. The van der Waals surface area contributed by atoms with E-state index in [1.54, 1.807) is 12.1 Å². The van der Waals surface area contributed by atoms with Gasteiger partial charge in [0.25, 0.3) is 0 Å². The Morgan fingerprint density at radius 1 is 1.29 bits per heavy atom. The molecule has 7 heteroatoms. The number of pyridine rings is 1. The van der Waals surface area contributed by atoms with Gasteiger partial charge in [0.05, 0.1) is 12.6 Å². The van der Waals surface area contributed by atoms with Gasteiger partial charge >= 0.3 is 6.09 Å². The number of rotatable bonds is 6. The van der Waals surface area contributed by atoms with Gasteiger partial charge in [0, 0.05) is 21.4 Å². The SMILES string of the molecule is C[C@H](Cc1ccc(I)cc1)N(C[C@H](O)c1ccc(Cl)nc1)C(=O)O. The number of aliphatic hydroxyl groups excluding tert-OH is 1. The van der Waals surface area contributed by atoms with E-state index in [0.717, 1.165) is 9.13 Å². The summed E-state index contributed by atoms with van der Waals surface area (Å²) in [6.07, 6.45) is 0.0186. The Labute approximate surface area is 159 Å². The predicted octanol–water partition coefficient (Wildman–Crippen LogP) is 3.98. The lowest BCUT2D eigenvalue weighted by Crippen LogP contribution is -2.41. The van der Waals surface area contributed by atoms with Gasteiger partial charge in [-0.2, -0.15) is 0 Å². The van der Waals surface area contributed by atoms with Crippen LogP contribution in [0.5, 0.6) is 0 Å². The number of halogens is 2. The third-order valence-electron chi connectivity index (χ3n) is 3.73. The first-order valence-electron chi connectivity index (χ1n) is 7.40. The number of nitrogens with zero attached hydrogens (tertiary/aromatic N) is 2. The van der Waals surface area contributed by atoms with Crippen LogP contribution in [0.1, 0.15) is 24.2 Å². The van der Waals surface area contributed by atoms with Crippen molar-refractivity contribution in [3.8, 4) is 0 Å². The molecule has 1 aromatic heterocycles. The highest BCUT2D eigenvalue weighted by Gasteiger charge is 2.23. The summed E-state index contributed by atoms with van der Waals surface area (Å²) < 4.78 is 1.13. The first kappa shape index (κ1) is 19.0. The molecule has 0 unspecified atom stereocenters. The van der Waals surface area contributed by atoms with E-state index in [2.05, 4.69) is 27.6 Å². The summed E-state index contributed by atoms with van der Waals surface area (Å²) >= 11 is 7.95. The summed E-state index contributed by atoms with van der Waals surface area (Å²) in [5.74, 6) is 0. The molecular formula is C17H18ClIN2O3.